The number of hydrogen-bond acceptors (Lipinski definition) is 2. The van der Waals surface area contributed by atoms with Gasteiger partial charge in [0.15, 0.2) is 0 Å². The van der Waals surface area contributed by atoms with E-state index in [1.165, 1.54) is 24.7 Å². The van der Waals surface area contributed by atoms with E-state index in [4.69, 9.17) is 4.74 Å². The second kappa shape index (κ2) is 7.24. The van der Waals surface area contributed by atoms with Crippen molar-refractivity contribution in [2.75, 3.05) is 7.11 Å². The molecule has 3 rings (SSSR count). The molecular weight excluding hydrogens is 332 g/mol. The molecule has 140 valence electrons. The number of carbonyl (C=O) groups excluding carboxylic acids is 1. The van der Waals surface area contributed by atoms with Gasteiger partial charge in [-0.25, -0.2) is 0 Å². The van der Waals surface area contributed by atoms with Gasteiger partial charge in [-0.3, -0.25) is 4.79 Å². The largest absolute Gasteiger partial charge is 0.469 e. The SMILES string of the molecule is COC(=O)Cc1ccc(C#Cc2ccc3c(c2)C(C)(C)CC(C)(C)C3)cc1. The molecule has 1 aliphatic rings. The molecule has 0 unspecified atom stereocenters. The number of esters is 1. The van der Waals surface area contributed by atoms with E-state index in [0.717, 1.165) is 23.1 Å². The van der Waals surface area contributed by atoms with Gasteiger partial charge in [-0.15, -0.1) is 0 Å². The zero-order valence-corrected chi connectivity index (χ0v) is 17.0. The van der Waals surface area contributed by atoms with Gasteiger partial charge in [-0.05, 0) is 64.6 Å². The van der Waals surface area contributed by atoms with Crippen LogP contribution < -0.4 is 0 Å². The van der Waals surface area contributed by atoms with E-state index < -0.39 is 0 Å². The molecule has 0 fully saturated rings. The van der Waals surface area contributed by atoms with Gasteiger partial charge in [0.05, 0.1) is 13.5 Å². The molecule has 0 spiro atoms. The minimum absolute atomic E-state index is 0.171. The van der Waals surface area contributed by atoms with Crippen molar-refractivity contribution < 1.29 is 9.53 Å². The number of ether oxygens (including phenoxy) is 1. The van der Waals surface area contributed by atoms with E-state index in [2.05, 4.69) is 57.7 Å². The van der Waals surface area contributed by atoms with Crippen molar-refractivity contribution in [1.29, 1.82) is 0 Å². The van der Waals surface area contributed by atoms with Crippen molar-refractivity contribution in [2.24, 2.45) is 5.41 Å². The molecule has 0 heterocycles. The van der Waals surface area contributed by atoms with Crippen LogP contribution in [0, 0.1) is 17.3 Å². The first-order chi connectivity index (χ1) is 12.7. The number of fused-ring (bicyclic) bond motifs is 1. The Morgan fingerprint density at radius 1 is 1.00 bits per heavy atom. The Kier molecular flexibility index (Phi) is 5.16. The van der Waals surface area contributed by atoms with Crippen LogP contribution in [0.4, 0.5) is 0 Å². The fourth-order valence-electron chi connectivity index (χ4n) is 4.40. The lowest BCUT2D eigenvalue weighted by atomic mass is 9.62. The summed E-state index contributed by atoms with van der Waals surface area (Å²) in [6.07, 6.45) is 2.60. The third-order valence-electron chi connectivity index (χ3n) is 5.31. The molecule has 0 saturated heterocycles. The number of methoxy groups -OCH3 is 1. The normalized spacial score (nSPS) is 16.6. The number of hydrogen-bond donors (Lipinski definition) is 0. The van der Waals surface area contributed by atoms with Crippen LogP contribution in [0.5, 0.6) is 0 Å². The van der Waals surface area contributed by atoms with E-state index in [1.54, 1.807) is 0 Å². The first-order valence-electron chi connectivity index (χ1n) is 9.50. The Labute approximate surface area is 163 Å². The first kappa shape index (κ1) is 19.2. The van der Waals surface area contributed by atoms with Crippen molar-refractivity contribution in [2.45, 2.75) is 52.4 Å². The van der Waals surface area contributed by atoms with Crippen LogP contribution in [0.1, 0.15) is 61.9 Å². The van der Waals surface area contributed by atoms with E-state index in [0.29, 0.717) is 11.8 Å². The van der Waals surface area contributed by atoms with Crippen LogP contribution in [0.25, 0.3) is 0 Å². The monoisotopic (exact) mass is 360 g/mol. The molecule has 0 aromatic heterocycles. The fourth-order valence-corrected chi connectivity index (χ4v) is 4.40. The van der Waals surface area contributed by atoms with Gasteiger partial charge < -0.3 is 4.74 Å². The van der Waals surface area contributed by atoms with E-state index >= 15 is 0 Å². The third-order valence-corrected chi connectivity index (χ3v) is 5.31. The van der Waals surface area contributed by atoms with Crippen molar-refractivity contribution in [3.8, 4) is 11.8 Å². The van der Waals surface area contributed by atoms with Crippen molar-refractivity contribution in [1.82, 2.24) is 0 Å². The second-order valence-corrected chi connectivity index (χ2v) is 8.97. The summed E-state index contributed by atoms with van der Waals surface area (Å²) in [7, 11) is 1.41. The maximum Gasteiger partial charge on any atom is 0.309 e. The van der Waals surface area contributed by atoms with Crippen LogP contribution in [0.15, 0.2) is 42.5 Å². The average Bonchev–Trinajstić information content (AvgIpc) is 2.59. The summed E-state index contributed by atoms with van der Waals surface area (Å²) in [4.78, 5) is 11.3. The minimum Gasteiger partial charge on any atom is -0.469 e. The molecule has 1 aliphatic carbocycles. The first-order valence-corrected chi connectivity index (χ1v) is 9.50. The molecule has 0 bridgehead atoms. The zero-order chi connectivity index (χ0) is 19.7. The van der Waals surface area contributed by atoms with Crippen LogP contribution >= 0.6 is 0 Å². The molecular formula is C25H28O2. The standard InChI is InChI=1S/C25H28O2/c1-24(2)16-21-13-12-19(14-22(21)25(3,4)17-24)9-6-18-7-10-20(11-8-18)15-23(26)27-5/h7-8,10-14H,15-17H2,1-5H3. The quantitative estimate of drug-likeness (QED) is 0.553. The fraction of sp³-hybridized carbons (Fsp3) is 0.400. The maximum absolute atomic E-state index is 11.3. The van der Waals surface area contributed by atoms with Crippen LogP contribution in [-0.2, 0) is 27.8 Å². The molecule has 0 saturated carbocycles. The van der Waals surface area contributed by atoms with E-state index in [9.17, 15) is 4.79 Å². The molecule has 0 radical (unpaired) electrons. The number of carbonyl (C=O) groups is 1. The van der Waals surface area contributed by atoms with Gasteiger partial charge in [0.25, 0.3) is 0 Å². The summed E-state index contributed by atoms with van der Waals surface area (Å²) >= 11 is 0. The van der Waals surface area contributed by atoms with Gasteiger partial charge in [-0.2, -0.15) is 0 Å². The Bertz CT molecular complexity index is 906. The highest BCUT2D eigenvalue weighted by molar-refractivity contribution is 5.72. The van der Waals surface area contributed by atoms with Crippen molar-refractivity contribution in [3.63, 3.8) is 0 Å². The molecule has 0 amide bonds. The topological polar surface area (TPSA) is 26.3 Å². The smallest absolute Gasteiger partial charge is 0.309 e. The molecule has 2 aromatic carbocycles. The number of rotatable bonds is 2. The minimum atomic E-state index is -0.228. The lowest BCUT2D eigenvalue weighted by Gasteiger charge is -2.42. The van der Waals surface area contributed by atoms with Crippen LogP contribution in [0.3, 0.4) is 0 Å². The van der Waals surface area contributed by atoms with Crippen molar-refractivity contribution in [3.05, 3.63) is 70.3 Å². The molecule has 0 aliphatic heterocycles. The number of benzene rings is 2. The average molecular weight is 360 g/mol. The zero-order valence-electron chi connectivity index (χ0n) is 17.0. The summed E-state index contributed by atoms with van der Waals surface area (Å²) in [5.74, 6) is 6.31. The molecule has 2 heteroatoms. The summed E-state index contributed by atoms with van der Waals surface area (Å²) < 4.78 is 4.70. The lowest BCUT2D eigenvalue weighted by molar-refractivity contribution is -0.139. The summed E-state index contributed by atoms with van der Waals surface area (Å²) in [6.45, 7) is 9.39. The second-order valence-electron chi connectivity index (χ2n) is 8.97. The van der Waals surface area contributed by atoms with E-state index in [1.807, 2.05) is 24.3 Å². The molecule has 0 atom stereocenters. The molecule has 2 aromatic rings. The van der Waals surface area contributed by atoms with Gasteiger partial charge >= 0.3 is 5.97 Å². The van der Waals surface area contributed by atoms with Crippen LogP contribution in [0.2, 0.25) is 0 Å². The molecule has 0 N–H and O–H groups in total. The van der Waals surface area contributed by atoms with E-state index in [-0.39, 0.29) is 11.4 Å². The van der Waals surface area contributed by atoms with Crippen LogP contribution in [-0.4, -0.2) is 13.1 Å². The predicted molar refractivity (Wildman–Crippen MR) is 110 cm³/mol. The highest BCUT2D eigenvalue weighted by atomic mass is 16.5. The van der Waals surface area contributed by atoms with Gasteiger partial charge in [0, 0.05) is 11.1 Å². The summed E-state index contributed by atoms with van der Waals surface area (Å²) in [5.41, 5.74) is 6.34. The lowest BCUT2D eigenvalue weighted by Crippen LogP contribution is -2.34. The Morgan fingerprint density at radius 2 is 1.63 bits per heavy atom. The van der Waals surface area contributed by atoms with Gasteiger partial charge in [0.1, 0.15) is 0 Å². The maximum atomic E-state index is 11.3. The summed E-state index contributed by atoms with van der Waals surface area (Å²) in [6, 6.07) is 14.4. The Hall–Kier alpha value is -2.53. The summed E-state index contributed by atoms with van der Waals surface area (Å²) in [5, 5.41) is 0. The van der Waals surface area contributed by atoms with Crippen molar-refractivity contribution >= 4 is 5.97 Å². The molecule has 27 heavy (non-hydrogen) atoms. The Morgan fingerprint density at radius 3 is 2.30 bits per heavy atom. The third kappa shape index (κ3) is 4.61. The van der Waals surface area contributed by atoms with Gasteiger partial charge in [-0.1, -0.05) is 57.7 Å². The molecule has 2 nitrogen and oxygen atoms in total. The van der Waals surface area contributed by atoms with Gasteiger partial charge in [0.2, 0.25) is 0 Å². The highest BCUT2D eigenvalue weighted by Gasteiger charge is 2.37. The highest BCUT2D eigenvalue weighted by Crippen LogP contribution is 2.45. The Balaban J connectivity index is 1.81. The predicted octanol–water partition coefficient (Wildman–Crippen LogP) is 5.05.